The minimum atomic E-state index is -0.537. The molecule has 2 aromatic rings. The van der Waals surface area contributed by atoms with Crippen LogP contribution in [-0.2, 0) is 11.3 Å². The molecular formula is C20H24ClNO3. The summed E-state index contributed by atoms with van der Waals surface area (Å²) in [6.07, 6.45) is 0.181. The second kappa shape index (κ2) is 9.33. The summed E-state index contributed by atoms with van der Waals surface area (Å²) in [6.45, 7) is 6.33. The van der Waals surface area contributed by atoms with Crippen LogP contribution in [0, 0.1) is 0 Å². The molecule has 0 fully saturated rings. The van der Waals surface area contributed by atoms with E-state index < -0.39 is 6.10 Å². The van der Waals surface area contributed by atoms with Gasteiger partial charge in [-0.15, -0.1) is 0 Å². The lowest BCUT2D eigenvalue weighted by molar-refractivity contribution is -0.128. The molecule has 2 aromatic carbocycles. The van der Waals surface area contributed by atoms with Gasteiger partial charge in [0.1, 0.15) is 11.5 Å². The number of hydrogen-bond donors (Lipinski definition) is 1. The molecule has 0 aliphatic carbocycles. The maximum absolute atomic E-state index is 12.3. The highest BCUT2D eigenvalue weighted by molar-refractivity contribution is 6.30. The number of amides is 1. The van der Waals surface area contributed by atoms with Gasteiger partial charge in [0.25, 0.3) is 5.91 Å². The van der Waals surface area contributed by atoms with Crippen LogP contribution in [0.2, 0.25) is 5.02 Å². The first-order chi connectivity index (χ1) is 12.0. The van der Waals surface area contributed by atoms with Crippen molar-refractivity contribution >= 4 is 17.5 Å². The molecule has 0 aliphatic heterocycles. The van der Waals surface area contributed by atoms with Crippen LogP contribution in [-0.4, -0.2) is 18.1 Å². The Kier molecular flexibility index (Phi) is 7.14. The Morgan fingerprint density at radius 3 is 2.12 bits per heavy atom. The number of benzene rings is 2. The first-order valence-corrected chi connectivity index (χ1v) is 8.81. The topological polar surface area (TPSA) is 47.6 Å². The molecule has 0 heterocycles. The second-order valence-corrected chi connectivity index (χ2v) is 6.43. The lowest BCUT2D eigenvalue weighted by Gasteiger charge is -2.17. The van der Waals surface area contributed by atoms with Crippen LogP contribution in [0.4, 0.5) is 0 Å². The van der Waals surface area contributed by atoms with E-state index in [1.165, 1.54) is 0 Å². The van der Waals surface area contributed by atoms with Crippen LogP contribution < -0.4 is 14.8 Å². The van der Waals surface area contributed by atoms with Gasteiger partial charge in [-0.25, -0.2) is 0 Å². The summed E-state index contributed by atoms with van der Waals surface area (Å²) < 4.78 is 11.3. The van der Waals surface area contributed by atoms with Gasteiger partial charge in [0, 0.05) is 11.6 Å². The molecule has 1 N–H and O–H groups in total. The van der Waals surface area contributed by atoms with Gasteiger partial charge in [-0.2, -0.15) is 0 Å². The fourth-order valence-corrected chi connectivity index (χ4v) is 2.39. The summed E-state index contributed by atoms with van der Waals surface area (Å²) in [5, 5.41) is 3.55. The molecule has 0 aromatic heterocycles. The Bertz CT molecular complexity index is 668. The first-order valence-electron chi connectivity index (χ1n) is 8.43. The first kappa shape index (κ1) is 19.1. The standard InChI is InChI=1S/C20H24ClNO3/c1-4-19(25-18-11-7-16(21)8-12-18)20(23)22-13-15-5-9-17(10-6-15)24-14(2)3/h5-12,14,19H,4,13H2,1-3H3,(H,22,23). The Morgan fingerprint density at radius 1 is 1.00 bits per heavy atom. The third-order valence-corrected chi connectivity index (χ3v) is 3.77. The number of nitrogens with one attached hydrogen (secondary N) is 1. The summed E-state index contributed by atoms with van der Waals surface area (Å²) in [5.41, 5.74) is 1.01. The zero-order valence-corrected chi connectivity index (χ0v) is 15.5. The molecule has 0 radical (unpaired) electrons. The molecule has 0 saturated heterocycles. The molecular weight excluding hydrogens is 338 g/mol. The van der Waals surface area contributed by atoms with E-state index in [1.807, 2.05) is 45.0 Å². The maximum atomic E-state index is 12.3. The Morgan fingerprint density at radius 2 is 1.56 bits per heavy atom. The second-order valence-electron chi connectivity index (χ2n) is 6.00. The minimum Gasteiger partial charge on any atom is -0.491 e. The van der Waals surface area contributed by atoms with Crippen molar-refractivity contribution in [2.45, 2.75) is 45.9 Å². The van der Waals surface area contributed by atoms with Gasteiger partial charge in [0.15, 0.2) is 6.10 Å². The summed E-state index contributed by atoms with van der Waals surface area (Å²) in [4.78, 5) is 12.3. The molecule has 1 unspecified atom stereocenters. The SMILES string of the molecule is CCC(Oc1ccc(Cl)cc1)C(=O)NCc1ccc(OC(C)C)cc1. The maximum Gasteiger partial charge on any atom is 0.261 e. The van der Waals surface area contributed by atoms with E-state index in [0.29, 0.717) is 23.7 Å². The van der Waals surface area contributed by atoms with E-state index in [9.17, 15) is 4.79 Å². The highest BCUT2D eigenvalue weighted by Crippen LogP contribution is 2.18. The van der Waals surface area contributed by atoms with E-state index >= 15 is 0 Å². The van der Waals surface area contributed by atoms with Gasteiger partial charge in [-0.1, -0.05) is 30.7 Å². The zero-order valence-electron chi connectivity index (χ0n) is 14.8. The lowest BCUT2D eigenvalue weighted by Crippen LogP contribution is -2.37. The molecule has 0 aliphatic rings. The van der Waals surface area contributed by atoms with Crippen molar-refractivity contribution in [1.82, 2.24) is 5.32 Å². The van der Waals surface area contributed by atoms with Gasteiger partial charge in [0.05, 0.1) is 6.10 Å². The summed E-state index contributed by atoms with van der Waals surface area (Å²) >= 11 is 5.86. The van der Waals surface area contributed by atoms with Crippen molar-refractivity contribution in [1.29, 1.82) is 0 Å². The van der Waals surface area contributed by atoms with E-state index in [0.717, 1.165) is 11.3 Å². The van der Waals surface area contributed by atoms with Gasteiger partial charge >= 0.3 is 0 Å². The number of hydrogen-bond acceptors (Lipinski definition) is 3. The highest BCUT2D eigenvalue weighted by Gasteiger charge is 2.18. The number of rotatable bonds is 8. The molecule has 4 nitrogen and oxygen atoms in total. The summed E-state index contributed by atoms with van der Waals surface area (Å²) in [5.74, 6) is 1.31. The predicted molar refractivity (Wildman–Crippen MR) is 100 cm³/mol. The van der Waals surface area contributed by atoms with Crippen molar-refractivity contribution in [3.63, 3.8) is 0 Å². The average molecular weight is 362 g/mol. The zero-order chi connectivity index (χ0) is 18.2. The summed E-state index contributed by atoms with van der Waals surface area (Å²) in [6, 6.07) is 14.7. The van der Waals surface area contributed by atoms with Gasteiger partial charge < -0.3 is 14.8 Å². The average Bonchev–Trinajstić information content (AvgIpc) is 2.60. The van der Waals surface area contributed by atoms with Crippen molar-refractivity contribution < 1.29 is 14.3 Å². The van der Waals surface area contributed by atoms with Crippen LogP contribution in [0.3, 0.4) is 0 Å². The molecule has 0 bridgehead atoms. The minimum absolute atomic E-state index is 0.139. The van der Waals surface area contributed by atoms with Gasteiger partial charge in [-0.3, -0.25) is 4.79 Å². The molecule has 1 amide bonds. The molecule has 0 spiro atoms. The smallest absolute Gasteiger partial charge is 0.261 e. The summed E-state index contributed by atoms with van der Waals surface area (Å²) in [7, 11) is 0. The largest absolute Gasteiger partial charge is 0.491 e. The van der Waals surface area contributed by atoms with Crippen molar-refractivity contribution in [2.24, 2.45) is 0 Å². The predicted octanol–water partition coefficient (Wildman–Crippen LogP) is 4.60. The molecule has 2 rings (SSSR count). The van der Waals surface area contributed by atoms with Crippen molar-refractivity contribution in [2.75, 3.05) is 0 Å². The molecule has 5 heteroatoms. The van der Waals surface area contributed by atoms with Crippen LogP contribution in [0.15, 0.2) is 48.5 Å². The van der Waals surface area contributed by atoms with Crippen LogP contribution in [0.5, 0.6) is 11.5 Å². The normalized spacial score (nSPS) is 11.9. The Balaban J connectivity index is 1.87. The Labute approximate surface area is 154 Å². The van der Waals surface area contributed by atoms with Crippen molar-refractivity contribution in [3.05, 3.63) is 59.1 Å². The van der Waals surface area contributed by atoms with Crippen LogP contribution >= 0.6 is 11.6 Å². The third-order valence-electron chi connectivity index (χ3n) is 3.52. The highest BCUT2D eigenvalue weighted by atomic mass is 35.5. The van der Waals surface area contributed by atoms with E-state index in [1.54, 1.807) is 24.3 Å². The molecule has 0 saturated carbocycles. The molecule has 1 atom stereocenters. The van der Waals surface area contributed by atoms with E-state index in [4.69, 9.17) is 21.1 Å². The van der Waals surface area contributed by atoms with E-state index in [-0.39, 0.29) is 12.0 Å². The van der Waals surface area contributed by atoms with E-state index in [2.05, 4.69) is 5.32 Å². The fraction of sp³-hybridized carbons (Fsp3) is 0.350. The van der Waals surface area contributed by atoms with Gasteiger partial charge in [0.2, 0.25) is 0 Å². The molecule has 25 heavy (non-hydrogen) atoms. The number of carbonyl (C=O) groups excluding carboxylic acids is 1. The monoisotopic (exact) mass is 361 g/mol. The number of carbonyl (C=O) groups is 1. The quantitative estimate of drug-likeness (QED) is 0.747. The third kappa shape index (κ3) is 6.31. The number of halogens is 1. The van der Waals surface area contributed by atoms with Crippen LogP contribution in [0.25, 0.3) is 0 Å². The lowest BCUT2D eigenvalue weighted by atomic mass is 10.2. The van der Waals surface area contributed by atoms with Gasteiger partial charge in [-0.05, 0) is 62.2 Å². The molecule has 134 valence electrons. The Hall–Kier alpha value is -2.20. The van der Waals surface area contributed by atoms with Crippen LogP contribution in [0.1, 0.15) is 32.8 Å². The number of ether oxygens (including phenoxy) is 2. The van der Waals surface area contributed by atoms with Crippen molar-refractivity contribution in [3.8, 4) is 11.5 Å². The fourth-order valence-electron chi connectivity index (χ4n) is 2.26.